The Morgan fingerprint density at radius 2 is 0.327 bits per heavy atom. The van der Waals surface area contributed by atoms with E-state index in [0.29, 0.717) is 58.5 Å². The molecule has 0 aliphatic rings. The molecule has 14 aromatic carbocycles. The van der Waals surface area contributed by atoms with Crippen LogP contribution in [0.2, 0.25) is 0 Å². The zero-order valence-corrected chi connectivity index (χ0v) is 59.0. The summed E-state index contributed by atoms with van der Waals surface area (Å²) in [6.45, 7) is 0. The van der Waals surface area contributed by atoms with Crippen LogP contribution in [-0.2, 0) is 0 Å². The van der Waals surface area contributed by atoms with Crippen molar-refractivity contribution < 1.29 is 0 Å². The highest BCUT2D eigenvalue weighted by Gasteiger charge is 2.24. The number of fused-ring (bicyclic) bond motifs is 6. The van der Waals surface area contributed by atoms with Gasteiger partial charge in [0.05, 0.1) is 33.5 Å². The third kappa shape index (κ3) is 12.2. The molecule has 0 bridgehead atoms. The smallest absolute Gasteiger partial charge is 0.238 e. The standard InChI is InChI=1S/C97H61N13/c1-9-25-62(26-10-1)74-49-53-85-78(57-74)81-60-77(95-104-90(70-35-19-6-20-36-70)101-91(105-95)71-37-21-7-22-38-71)52-56-87(81)110(85)97-107-92(72-39-23-8-24-40-72)106-93(108-97)73-47-45-64(46-48-73)63-41-43-65(44-42-63)75-50-54-84-79(58-75)80-59-76(94-102-88(68-31-15-4-16-32-68)100-89(103-94)69-33-17-5-18-34-69)51-55-86(80)109(84)96-98-82(66-27-11-2-12-28-66)61-83(99-96)67-29-13-3-14-30-67/h1-61H. The molecule has 0 aliphatic carbocycles. The van der Waals surface area contributed by atoms with Crippen molar-refractivity contribution in [3.8, 4) is 159 Å². The van der Waals surface area contributed by atoms with Gasteiger partial charge >= 0.3 is 0 Å². The summed E-state index contributed by atoms with van der Waals surface area (Å²) >= 11 is 0. The second kappa shape index (κ2) is 27.7. The van der Waals surface area contributed by atoms with Gasteiger partial charge in [-0.2, -0.15) is 9.97 Å². The molecule has 0 unspecified atom stereocenters. The van der Waals surface area contributed by atoms with Crippen molar-refractivity contribution in [3.05, 3.63) is 370 Å². The first-order valence-corrected chi connectivity index (χ1v) is 36.5. The van der Waals surface area contributed by atoms with Gasteiger partial charge in [0.15, 0.2) is 46.6 Å². The van der Waals surface area contributed by atoms with Crippen LogP contribution in [0.5, 0.6) is 0 Å². The predicted octanol–water partition coefficient (Wildman–Crippen LogP) is 22.9. The van der Waals surface area contributed by atoms with Crippen LogP contribution in [0, 0.1) is 0 Å². The van der Waals surface area contributed by atoms with E-state index in [1.807, 2.05) is 194 Å². The van der Waals surface area contributed by atoms with Crippen molar-refractivity contribution in [2.45, 2.75) is 0 Å². The minimum Gasteiger partial charge on any atom is -0.278 e. The highest BCUT2D eigenvalue weighted by Crippen LogP contribution is 2.42. The molecular formula is C97H61N13. The predicted molar refractivity (Wildman–Crippen MR) is 442 cm³/mol. The van der Waals surface area contributed by atoms with Gasteiger partial charge in [-0.1, -0.05) is 303 Å². The average Bonchev–Trinajstić information content (AvgIpc) is 1.58. The number of benzene rings is 14. The summed E-state index contributed by atoms with van der Waals surface area (Å²) in [5.41, 5.74) is 20.7. The Balaban J connectivity index is 0.679. The van der Waals surface area contributed by atoms with E-state index in [2.05, 4.69) is 185 Å². The van der Waals surface area contributed by atoms with E-state index in [1.54, 1.807) is 0 Å². The van der Waals surface area contributed by atoms with Crippen molar-refractivity contribution >= 4 is 43.6 Å². The summed E-state index contributed by atoms with van der Waals surface area (Å²) in [5.74, 6) is 5.61. The lowest BCUT2D eigenvalue weighted by molar-refractivity contribution is 0.953. The lowest BCUT2D eigenvalue weighted by atomic mass is 9.98. The maximum atomic E-state index is 5.40. The summed E-state index contributed by atoms with van der Waals surface area (Å²) in [4.78, 5) is 57.4. The second-order valence-electron chi connectivity index (χ2n) is 27.0. The third-order valence-corrected chi connectivity index (χ3v) is 20.2. The van der Waals surface area contributed by atoms with Crippen LogP contribution >= 0.6 is 0 Å². The SMILES string of the molecule is c1ccc(-c2ccc3c(c2)c2cc(-c4nc(-c5ccccc5)nc(-c5ccccc5)n4)ccc2n3-c2nc(-c3ccccc3)nc(-c3ccc(-c4ccc(-c5ccc6c(c5)c5cc(-c7nc(-c8ccccc8)nc(-c8ccccc8)n7)ccc5n6-c5nc(-c6ccccc6)cc(-c6ccccc6)n5)cc4)cc3)n2)cc1. The Morgan fingerprint density at radius 3 is 0.627 bits per heavy atom. The fourth-order valence-electron chi connectivity index (χ4n) is 14.6. The first kappa shape index (κ1) is 64.4. The van der Waals surface area contributed by atoms with Gasteiger partial charge in [-0.05, 0) is 100 Å². The summed E-state index contributed by atoms with van der Waals surface area (Å²) in [5, 5.41) is 4.01. The minimum absolute atomic E-state index is 0.482. The summed E-state index contributed by atoms with van der Waals surface area (Å²) in [6, 6.07) is 127. The van der Waals surface area contributed by atoms with Crippen molar-refractivity contribution in [3.63, 3.8) is 0 Å². The number of aromatic nitrogens is 13. The van der Waals surface area contributed by atoms with E-state index < -0.39 is 0 Å². The van der Waals surface area contributed by atoms with E-state index in [9.17, 15) is 0 Å². The number of nitrogens with zero attached hydrogens (tertiary/aromatic N) is 13. The first-order valence-electron chi connectivity index (χ1n) is 36.5. The van der Waals surface area contributed by atoms with Gasteiger partial charge < -0.3 is 0 Å². The monoisotopic (exact) mass is 1410 g/mol. The normalized spacial score (nSPS) is 11.5. The Morgan fingerprint density at radius 1 is 0.136 bits per heavy atom. The van der Waals surface area contributed by atoms with Gasteiger partial charge in [-0.25, -0.2) is 44.9 Å². The summed E-state index contributed by atoms with van der Waals surface area (Å²) in [6.07, 6.45) is 0. The molecule has 0 fully saturated rings. The molecule has 0 atom stereocenters. The highest BCUT2D eigenvalue weighted by atomic mass is 15.2. The van der Waals surface area contributed by atoms with Crippen LogP contribution in [0.25, 0.3) is 203 Å². The lowest BCUT2D eigenvalue weighted by Crippen LogP contribution is -2.06. The molecule has 0 saturated heterocycles. The van der Waals surface area contributed by atoms with Crippen LogP contribution in [-0.4, -0.2) is 64.0 Å². The molecule has 0 N–H and O–H groups in total. The number of hydrogen-bond donors (Lipinski definition) is 0. The molecule has 110 heavy (non-hydrogen) atoms. The molecule has 514 valence electrons. The second-order valence-corrected chi connectivity index (χ2v) is 27.0. The fraction of sp³-hybridized carbons (Fsp3) is 0. The summed E-state index contributed by atoms with van der Waals surface area (Å²) in [7, 11) is 0. The maximum absolute atomic E-state index is 5.40. The molecule has 0 amide bonds. The van der Waals surface area contributed by atoms with Crippen LogP contribution in [0.1, 0.15) is 0 Å². The van der Waals surface area contributed by atoms with Crippen LogP contribution in [0.3, 0.4) is 0 Å². The molecule has 20 rings (SSSR count). The van der Waals surface area contributed by atoms with Crippen LogP contribution in [0.15, 0.2) is 370 Å². The van der Waals surface area contributed by atoms with E-state index >= 15 is 0 Å². The van der Waals surface area contributed by atoms with E-state index in [4.69, 9.17) is 54.8 Å². The van der Waals surface area contributed by atoms with E-state index in [1.165, 1.54) is 0 Å². The molecule has 13 nitrogen and oxygen atoms in total. The molecular weight excluding hydrogens is 1350 g/mol. The van der Waals surface area contributed by atoms with Gasteiger partial charge in [0.1, 0.15) is 0 Å². The molecule has 6 heterocycles. The van der Waals surface area contributed by atoms with Gasteiger partial charge in [0, 0.05) is 77.2 Å². The molecule has 0 saturated carbocycles. The zero-order chi connectivity index (χ0) is 72.9. The first-order chi connectivity index (χ1) is 54.5. The highest BCUT2D eigenvalue weighted by molar-refractivity contribution is 6.13. The largest absolute Gasteiger partial charge is 0.278 e. The summed E-state index contributed by atoms with van der Waals surface area (Å²) < 4.78 is 4.34. The van der Waals surface area contributed by atoms with E-state index in [-0.39, 0.29) is 0 Å². The zero-order valence-electron chi connectivity index (χ0n) is 59.0. The minimum atomic E-state index is 0.482. The number of rotatable bonds is 15. The fourth-order valence-corrected chi connectivity index (χ4v) is 14.6. The Bertz CT molecular complexity index is 6660. The quantitative estimate of drug-likeness (QED) is 0.0964. The molecule has 6 aromatic heterocycles. The van der Waals surface area contributed by atoms with E-state index in [0.717, 1.165) is 144 Å². The molecule has 0 aliphatic heterocycles. The van der Waals surface area contributed by atoms with Crippen molar-refractivity contribution in [1.29, 1.82) is 0 Å². The topological polar surface area (TPSA) is 152 Å². The third-order valence-electron chi connectivity index (χ3n) is 20.2. The Hall–Kier alpha value is -15.2. The Kier molecular flexibility index (Phi) is 16.2. The Labute approximate surface area is 632 Å². The molecule has 20 aromatic rings. The average molecular weight is 1410 g/mol. The van der Waals surface area contributed by atoms with Gasteiger partial charge in [0.2, 0.25) is 11.9 Å². The van der Waals surface area contributed by atoms with Gasteiger partial charge in [-0.3, -0.25) is 9.13 Å². The van der Waals surface area contributed by atoms with Gasteiger partial charge in [0.25, 0.3) is 0 Å². The van der Waals surface area contributed by atoms with Crippen molar-refractivity contribution in [2.75, 3.05) is 0 Å². The van der Waals surface area contributed by atoms with Gasteiger partial charge in [-0.15, -0.1) is 0 Å². The lowest BCUT2D eigenvalue weighted by Gasteiger charge is -2.12. The van der Waals surface area contributed by atoms with Crippen molar-refractivity contribution in [2.24, 2.45) is 0 Å². The van der Waals surface area contributed by atoms with Crippen LogP contribution < -0.4 is 0 Å². The molecule has 13 heteroatoms. The molecule has 0 spiro atoms. The molecule has 0 radical (unpaired) electrons. The maximum Gasteiger partial charge on any atom is 0.238 e. The van der Waals surface area contributed by atoms with Crippen LogP contribution in [0.4, 0.5) is 0 Å². The number of hydrogen-bond acceptors (Lipinski definition) is 11. The van der Waals surface area contributed by atoms with Crippen molar-refractivity contribution in [1.82, 2.24) is 64.0 Å².